The number of para-hydroxylation sites is 5. The molecule has 0 radical (unpaired) electrons. The number of hydrogen-bond donors (Lipinski definition) is 0. The first kappa shape index (κ1) is 87.3. The molecule has 0 aliphatic heterocycles. The van der Waals surface area contributed by atoms with Crippen molar-refractivity contribution in [3.63, 3.8) is 0 Å². The van der Waals surface area contributed by atoms with Crippen LogP contribution in [0.5, 0.6) is 0 Å². The van der Waals surface area contributed by atoms with Gasteiger partial charge in [0.05, 0.1) is 33.1 Å². The minimum absolute atomic E-state index is 0.643. The third kappa shape index (κ3) is 17.1. The highest BCUT2D eigenvalue weighted by Gasteiger charge is 2.23. The van der Waals surface area contributed by atoms with Crippen LogP contribution in [0.15, 0.2) is 534 Å². The average molecular weight is 1880 g/mol. The van der Waals surface area contributed by atoms with Crippen molar-refractivity contribution in [3.8, 4) is 164 Å². The van der Waals surface area contributed by atoms with E-state index >= 15 is 0 Å². The molecule has 12 heteroatoms. The van der Waals surface area contributed by atoms with Crippen molar-refractivity contribution < 1.29 is 0 Å². The molecule has 688 valence electrons. The second-order valence-electron chi connectivity index (χ2n) is 36.7. The lowest BCUT2D eigenvalue weighted by Crippen LogP contribution is -2.00. The number of rotatable bonds is 16. The van der Waals surface area contributed by atoms with Crippen LogP contribution < -0.4 is 0 Å². The molecule has 28 aromatic rings. The van der Waals surface area contributed by atoms with Gasteiger partial charge >= 0.3 is 0 Å². The van der Waals surface area contributed by atoms with Gasteiger partial charge in [0.25, 0.3) is 0 Å². The van der Waals surface area contributed by atoms with Crippen LogP contribution in [-0.4, -0.2) is 58.6 Å². The first-order valence-electron chi connectivity index (χ1n) is 49.4. The largest absolute Gasteiger partial charge is 0.309 e. The minimum Gasteiger partial charge on any atom is -0.309 e. The van der Waals surface area contributed by atoms with E-state index in [1.807, 2.05) is 91.0 Å². The molecule has 147 heavy (non-hydrogen) atoms. The predicted octanol–water partition coefficient (Wildman–Crippen LogP) is 34.0. The highest BCUT2D eigenvalue weighted by atomic mass is 15.1. The number of benzene rings is 22. The van der Waals surface area contributed by atoms with Crippen LogP contribution in [0.2, 0.25) is 0 Å². The van der Waals surface area contributed by atoms with Crippen molar-refractivity contribution in [1.82, 2.24) is 58.6 Å². The Bertz CT molecular complexity index is 9540. The number of fused-ring (bicyclic) bond motifs is 12. The molecule has 0 saturated heterocycles. The van der Waals surface area contributed by atoms with Gasteiger partial charge in [0.2, 0.25) is 0 Å². The van der Waals surface area contributed by atoms with E-state index in [2.05, 4.69) is 457 Å². The molecule has 0 fully saturated rings. The molecule has 0 N–H and O–H groups in total. The maximum Gasteiger partial charge on any atom is 0.164 e. The van der Waals surface area contributed by atoms with E-state index in [1.54, 1.807) is 0 Å². The smallest absolute Gasteiger partial charge is 0.164 e. The van der Waals surface area contributed by atoms with Gasteiger partial charge in [0, 0.05) is 99.5 Å². The van der Waals surface area contributed by atoms with Gasteiger partial charge in [0.15, 0.2) is 52.4 Å². The summed E-state index contributed by atoms with van der Waals surface area (Å²) in [7, 11) is 0. The molecule has 0 bridgehead atoms. The standard InChI is InChI=1S/C47H30N4.C45H30N4.C43H28N4/c1-3-11-36-29-38(23-19-31(36)9-1)46-48-45(49-47(50-46)39-24-20-32-10-2-4-12-37(32)30-39)35-21-17-33(18-22-35)34-25-27-40(28-26-34)51-43-15-7-5-13-41(43)42-14-6-8-16-44(42)51;1-4-13-33(14-5-1)38-20-12-22-41-42(38)39-19-10-11-21-40(39)49(41)37-29-27-32(28-30-37)31-23-25-36(26-24-31)45-47-43(34-15-6-2-7-16-34)46-44(48-45)35-17-8-3-9-18-35;1-2-11-32(12-3-1)41-44-42(46-43(45-41)35-23-20-29-10-4-5-13-34(29)28-35)33-21-18-30(19-22-33)31-24-26-36(27-25-31)47-39-16-8-6-14-37(39)38-15-7-9-17-40(38)47/h1-30H;1-30H;1-28H. The van der Waals surface area contributed by atoms with Crippen molar-refractivity contribution in [2.24, 2.45) is 0 Å². The summed E-state index contributed by atoms with van der Waals surface area (Å²) in [6.45, 7) is 0. The van der Waals surface area contributed by atoms with Crippen molar-refractivity contribution in [2.75, 3.05) is 0 Å². The maximum atomic E-state index is 5.04. The monoisotopic (exact) mass is 1880 g/mol. The molecule has 28 rings (SSSR count). The van der Waals surface area contributed by atoms with E-state index in [0.29, 0.717) is 52.4 Å². The third-order valence-corrected chi connectivity index (χ3v) is 27.8. The predicted molar refractivity (Wildman–Crippen MR) is 606 cm³/mol. The van der Waals surface area contributed by atoms with Gasteiger partial charge in [0.1, 0.15) is 0 Å². The summed E-state index contributed by atoms with van der Waals surface area (Å²) in [6.07, 6.45) is 0. The van der Waals surface area contributed by atoms with E-state index < -0.39 is 0 Å². The fraction of sp³-hybridized carbons (Fsp3) is 0. The summed E-state index contributed by atoms with van der Waals surface area (Å²) in [5.41, 5.74) is 28.5. The van der Waals surface area contributed by atoms with E-state index in [0.717, 1.165) is 117 Å². The lowest BCUT2D eigenvalue weighted by molar-refractivity contribution is 1.07. The molecule has 0 spiro atoms. The molecular weight excluding hydrogens is 1790 g/mol. The van der Waals surface area contributed by atoms with Gasteiger partial charge in [-0.3, -0.25) is 0 Å². The molecule has 0 atom stereocenters. The Morgan fingerprint density at radius 3 is 0.592 bits per heavy atom. The molecule has 6 aromatic heterocycles. The van der Waals surface area contributed by atoms with Gasteiger partial charge < -0.3 is 13.7 Å². The van der Waals surface area contributed by atoms with Crippen LogP contribution in [0, 0.1) is 0 Å². The second kappa shape index (κ2) is 38.2. The first-order valence-corrected chi connectivity index (χ1v) is 49.4. The van der Waals surface area contributed by atoms with Crippen LogP contribution in [-0.2, 0) is 0 Å². The highest BCUT2D eigenvalue weighted by molar-refractivity contribution is 6.16. The Balaban J connectivity index is 0.000000112. The molecule has 0 amide bonds. The number of hydrogen-bond acceptors (Lipinski definition) is 9. The van der Waals surface area contributed by atoms with Gasteiger partial charge in [-0.15, -0.1) is 0 Å². The van der Waals surface area contributed by atoms with E-state index in [-0.39, 0.29) is 0 Å². The van der Waals surface area contributed by atoms with Crippen LogP contribution in [0.25, 0.3) is 262 Å². The lowest BCUT2D eigenvalue weighted by atomic mass is 9.99. The van der Waals surface area contributed by atoms with Gasteiger partial charge in [-0.2, -0.15) is 0 Å². The van der Waals surface area contributed by atoms with Gasteiger partial charge in [-0.25, -0.2) is 44.9 Å². The van der Waals surface area contributed by atoms with Crippen LogP contribution in [0.1, 0.15) is 0 Å². The van der Waals surface area contributed by atoms with Crippen LogP contribution >= 0.6 is 0 Å². The number of aromatic nitrogens is 12. The molecule has 0 saturated carbocycles. The van der Waals surface area contributed by atoms with Gasteiger partial charge in [-0.1, -0.05) is 443 Å². The van der Waals surface area contributed by atoms with Crippen LogP contribution in [0.3, 0.4) is 0 Å². The zero-order valence-electron chi connectivity index (χ0n) is 79.7. The second-order valence-corrected chi connectivity index (χ2v) is 36.7. The van der Waals surface area contributed by atoms with E-state index in [4.69, 9.17) is 44.9 Å². The summed E-state index contributed by atoms with van der Waals surface area (Å²) < 4.78 is 7.06. The fourth-order valence-electron chi connectivity index (χ4n) is 20.4. The Kier molecular flexibility index (Phi) is 22.7. The van der Waals surface area contributed by atoms with E-state index in [1.165, 1.54) is 92.7 Å². The molecule has 12 nitrogen and oxygen atoms in total. The first-order chi connectivity index (χ1) is 72.8. The van der Waals surface area contributed by atoms with Crippen molar-refractivity contribution >= 4 is 97.7 Å². The maximum absolute atomic E-state index is 5.04. The third-order valence-electron chi connectivity index (χ3n) is 27.8. The van der Waals surface area contributed by atoms with E-state index in [9.17, 15) is 0 Å². The quantitative estimate of drug-likeness (QED) is 0.0928. The summed E-state index contributed by atoms with van der Waals surface area (Å²) in [4.78, 5) is 44.5. The molecule has 0 aliphatic rings. The zero-order chi connectivity index (χ0) is 97.5. The Morgan fingerprint density at radius 2 is 0.306 bits per heavy atom. The summed E-state index contributed by atoms with van der Waals surface area (Å²) in [5.74, 6) is 5.87. The van der Waals surface area contributed by atoms with Crippen molar-refractivity contribution in [1.29, 1.82) is 0 Å². The van der Waals surface area contributed by atoms with Crippen LogP contribution in [0.4, 0.5) is 0 Å². The number of nitrogens with zero attached hydrogens (tertiary/aromatic N) is 12. The Hall–Kier alpha value is -20.0. The summed E-state index contributed by atoms with van der Waals surface area (Å²) in [5, 5.41) is 14.6. The SMILES string of the molecule is c1ccc(-c2nc(-c3ccc(-c4ccc(-n5c6ccccc6c6ccccc65)cc4)cc3)nc(-c3ccc4ccccc4c3)n2)cc1.c1ccc(-c2nc(-c3ccccc3)nc(-c3ccc(-c4ccc(-n5c6ccccc6c6c(-c7ccccc7)cccc65)cc4)cc3)n2)cc1.c1ccc2cc(-c3nc(-c4ccc(-c5ccc(-n6c7ccccc7c7ccccc76)cc5)cc4)nc(-c4ccc5ccccc5c4)n3)ccc2c1. The molecule has 0 unspecified atom stereocenters. The van der Waals surface area contributed by atoms with Gasteiger partial charge in [-0.05, 0) is 168 Å². The zero-order valence-corrected chi connectivity index (χ0v) is 79.7. The highest BCUT2D eigenvalue weighted by Crippen LogP contribution is 2.43. The normalized spacial score (nSPS) is 11.4. The minimum atomic E-state index is 0.643. The Morgan fingerprint density at radius 1 is 0.116 bits per heavy atom. The fourth-order valence-corrected chi connectivity index (χ4v) is 20.4. The molecule has 22 aromatic carbocycles. The lowest BCUT2D eigenvalue weighted by Gasteiger charge is -2.11. The van der Waals surface area contributed by atoms with Crippen molar-refractivity contribution in [3.05, 3.63) is 534 Å². The molecule has 0 aliphatic carbocycles. The molecule has 6 heterocycles. The molecular formula is C135H88N12. The van der Waals surface area contributed by atoms with Crippen molar-refractivity contribution in [2.45, 2.75) is 0 Å². The Labute approximate surface area is 848 Å². The average Bonchev–Trinajstić information content (AvgIpc) is 1.58. The summed E-state index contributed by atoms with van der Waals surface area (Å²) in [6, 6.07) is 187. The topological polar surface area (TPSA) is 131 Å². The summed E-state index contributed by atoms with van der Waals surface area (Å²) >= 11 is 0.